The minimum atomic E-state index is -3.81. The molecule has 0 unspecified atom stereocenters. The molecule has 0 aliphatic carbocycles. The van der Waals surface area contributed by atoms with Gasteiger partial charge in [-0.05, 0) is 42.8 Å². The average Bonchev–Trinajstić information content (AvgIpc) is 3.21. The van der Waals surface area contributed by atoms with Gasteiger partial charge in [0.2, 0.25) is 10.0 Å². The molecule has 0 spiro atoms. The van der Waals surface area contributed by atoms with Crippen molar-refractivity contribution < 1.29 is 13.2 Å². The van der Waals surface area contributed by atoms with Crippen LogP contribution in [-0.4, -0.2) is 28.9 Å². The maximum Gasteiger partial charge on any atom is 0.251 e. The number of nitrogens with one attached hydrogen (secondary N) is 2. The maximum atomic E-state index is 12.8. The Labute approximate surface area is 180 Å². The van der Waals surface area contributed by atoms with Gasteiger partial charge in [0.15, 0.2) is 11.5 Å². The van der Waals surface area contributed by atoms with Crippen LogP contribution >= 0.6 is 0 Å². The smallest absolute Gasteiger partial charge is 0.251 e. The first kappa shape index (κ1) is 20.7. The summed E-state index contributed by atoms with van der Waals surface area (Å²) in [6.07, 6.45) is 1.81. The van der Waals surface area contributed by atoms with Crippen LogP contribution in [0.4, 0.5) is 0 Å². The van der Waals surface area contributed by atoms with Gasteiger partial charge in [0.25, 0.3) is 5.91 Å². The standard InChI is InChI=1S/C22H21N5O3S/c1-16(17-8-3-2-4-9-17)26-31(29,30)19-11-7-10-18(14-19)22(28)23-15-21-25-24-20-12-5-6-13-27(20)21/h2-14,16,26H,15H2,1H3,(H,23,28)/t16-/m0/s1. The number of carbonyl (C=O) groups is 1. The molecular weight excluding hydrogens is 414 g/mol. The lowest BCUT2D eigenvalue weighted by molar-refractivity contribution is 0.0949. The van der Waals surface area contributed by atoms with Crippen LogP contribution in [0.5, 0.6) is 0 Å². The number of rotatable bonds is 7. The molecule has 0 bridgehead atoms. The molecule has 4 aromatic rings. The second kappa shape index (κ2) is 8.66. The quantitative estimate of drug-likeness (QED) is 0.464. The van der Waals surface area contributed by atoms with E-state index in [1.807, 2.05) is 54.7 Å². The molecule has 2 N–H and O–H groups in total. The van der Waals surface area contributed by atoms with Crippen LogP contribution in [0.3, 0.4) is 0 Å². The van der Waals surface area contributed by atoms with Crippen molar-refractivity contribution in [3.8, 4) is 0 Å². The zero-order valence-corrected chi connectivity index (χ0v) is 17.6. The number of nitrogens with zero attached hydrogens (tertiary/aromatic N) is 3. The van der Waals surface area contributed by atoms with Crippen molar-refractivity contribution in [1.82, 2.24) is 24.6 Å². The number of pyridine rings is 1. The number of benzene rings is 2. The van der Waals surface area contributed by atoms with Crippen LogP contribution in [0.2, 0.25) is 0 Å². The summed E-state index contributed by atoms with van der Waals surface area (Å²) in [6, 6.07) is 20.3. The molecule has 0 aliphatic heterocycles. The van der Waals surface area contributed by atoms with E-state index in [1.54, 1.807) is 23.5 Å². The van der Waals surface area contributed by atoms with E-state index in [9.17, 15) is 13.2 Å². The zero-order chi connectivity index (χ0) is 21.8. The molecule has 1 atom stereocenters. The third kappa shape index (κ3) is 4.62. The highest BCUT2D eigenvalue weighted by molar-refractivity contribution is 7.89. The molecule has 0 saturated carbocycles. The minimum Gasteiger partial charge on any atom is -0.345 e. The fraction of sp³-hybridized carbons (Fsp3) is 0.136. The van der Waals surface area contributed by atoms with Crippen molar-refractivity contribution >= 4 is 21.6 Å². The Morgan fingerprint density at radius 1 is 1.00 bits per heavy atom. The van der Waals surface area contributed by atoms with E-state index in [-0.39, 0.29) is 17.0 Å². The highest BCUT2D eigenvalue weighted by Crippen LogP contribution is 2.18. The summed E-state index contributed by atoms with van der Waals surface area (Å²) in [7, 11) is -3.81. The Morgan fingerprint density at radius 3 is 2.58 bits per heavy atom. The summed E-state index contributed by atoms with van der Waals surface area (Å²) in [5.74, 6) is 0.173. The number of hydrogen-bond donors (Lipinski definition) is 2. The molecule has 2 heterocycles. The Balaban J connectivity index is 1.47. The predicted octanol–water partition coefficient (Wildman–Crippen LogP) is 2.70. The van der Waals surface area contributed by atoms with Gasteiger partial charge in [-0.15, -0.1) is 10.2 Å². The molecule has 9 heteroatoms. The van der Waals surface area contributed by atoms with E-state index in [0.717, 1.165) is 5.56 Å². The van der Waals surface area contributed by atoms with Gasteiger partial charge in [0.1, 0.15) is 0 Å². The van der Waals surface area contributed by atoms with Crippen LogP contribution < -0.4 is 10.0 Å². The summed E-state index contributed by atoms with van der Waals surface area (Å²) in [5.41, 5.74) is 1.77. The van der Waals surface area contributed by atoms with Gasteiger partial charge >= 0.3 is 0 Å². The van der Waals surface area contributed by atoms with E-state index in [4.69, 9.17) is 0 Å². The van der Waals surface area contributed by atoms with Gasteiger partial charge in [-0.25, -0.2) is 13.1 Å². The monoisotopic (exact) mass is 435 g/mol. The molecule has 1 amide bonds. The molecule has 2 aromatic carbocycles. The molecule has 31 heavy (non-hydrogen) atoms. The number of sulfonamides is 1. The van der Waals surface area contributed by atoms with Crippen molar-refractivity contribution in [3.05, 3.63) is 95.9 Å². The van der Waals surface area contributed by atoms with Crippen molar-refractivity contribution in [2.75, 3.05) is 0 Å². The Kier molecular flexibility index (Phi) is 5.79. The maximum absolute atomic E-state index is 12.8. The number of amides is 1. The van der Waals surface area contributed by atoms with Gasteiger partial charge in [-0.2, -0.15) is 0 Å². The highest BCUT2D eigenvalue weighted by Gasteiger charge is 2.20. The number of hydrogen-bond acceptors (Lipinski definition) is 5. The number of fused-ring (bicyclic) bond motifs is 1. The van der Waals surface area contributed by atoms with Crippen LogP contribution in [0.1, 0.15) is 34.7 Å². The molecule has 0 radical (unpaired) electrons. The minimum absolute atomic E-state index is 0.0239. The van der Waals surface area contributed by atoms with Crippen LogP contribution in [0.25, 0.3) is 5.65 Å². The zero-order valence-electron chi connectivity index (χ0n) is 16.8. The molecule has 0 aliphatic rings. The van der Waals surface area contributed by atoms with E-state index in [1.165, 1.54) is 12.1 Å². The summed E-state index contributed by atoms with van der Waals surface area (Å²) in [4.78, 5) is 12.6. The van der Waals surface area contributed by atoms with Gasteiger partial charge in [-0.3, -0.25) is 9.20 Å². The largest absolute Gasteiger partial charge is 0.345 e. The summed E-state index contributed by atoms with van der Waals surface area (Å²) >= 11 is 0. The molecule has 4 rings (SSSR count). The second-order valence-corrected chi connectivity index (χ2v) is 8.72. The summed E-state index contributed by atoms with van der Waals surface area (Å²) < 4.78 is 30.1. The van der Waals surface area contributed by atoms with Crippen molar-refractivity contribution in [3.63, 3.8) is 0 Å². The third-order valence-electron chi connectivity index (χ3n) is 4.83. The first-order chi connectivity index (χ1) is 14.9. The molecule has 2 aromatic heterocycles. The fourth-order valence-electron chi connectivity index (χ4n) is 3.19. The normalized spacial score (nSPS) is 12.5. The molecule has 158 valence electrons. The van der Waals surface area contributed by atoms with Crippen molar-refractivity contribution in [1.29, 1.82) is 0 Å². The number of aromatic nitrogens is 3. The van der Waals surface area contributed by atoms with Gasteiger partial charge in [0, 0.05) is 17.8 Å². The second-order valence-electron chi connectivity index (χ2n) is 7.01. The van der Waals surface area contributed by atoms with Crippen LogP contribution in [0.15, 0.2) is 83.9 Å². The first-order valence-corrected chi connectivity index (χ1v) is 11.2. The lowest BCUT2D eigenvalue weighted by atomic mass is 10.1. The SMILES string of the molecule is C[C@H](NS(=O)(=O)c1cccc(C(=O)NCc2nnc3ccccn23)c1)c1ccccc1. The van der Waals surface area contributed by atoms with E-state index >= 15 is 0 Å². The van der Waals surface area contributed by atoms with Gasteiger partial charge in [-0.1, -0.05) is 42.5 Å². The fourth-order valence-corrected chi connectivity index (χ4v) is 4.47. The first-order valence-electron chi connectivity index (χ1n) is 9.68. The third-order valence-corrected chi connectivity index (χ3v) is 6.37. The van der Waals surface area contributed by atoms with Crippen molar-refractivity contribution in [2.24, 2.45) is 0 Å². The van der Waals surface area contributed by atoms with Gasteiger partial charge < -0.3 is 5.32 Å². The average molecular weight is 436 g/mol. The topological polar surface area (TPSA) is 105 Å². The Morgan fingerprint density at radius 2 is 1.77 bits per heavy atom. The Hall–Kier alpha value is -3.56. The van der Waals surface area contributed by atoms with Gasteiger partial charge in [0.05, 0.1) is 11.4 Å². The summed E-state index contributed by atoms with van der Waals surface area (Å²) in [6.45, 7) is 1.93. The lowest BCUT2D eigenvalue weighted by Crippen LogP contribution is -2.28. The molecule has 0 fully saturated rings. The van der Waals surface area contributed by atoms with E-state index < -0.39 is 22.0 Å². The Bertz CT molecular complexity index is 1320. The highest BCUT2D eigenvalue weighted by atomic mass is 32.2. The number of carbonyl (C=O) groups excluding carboxylic acids is 1. The van der Waals surface area contributed by atoms with E-state index in [0.29, 0.717) is 11.5 Å². The predicted molar refractivity (Wildman–Crippen MR) is 116 cm³/mol. The van der Waals surface area contributed by atoms with Crippen LogP contribution in [0, 0.1) is 0 Å². The van der Waals surface area contributed by atoms with E-state index in [2.05, 4.69) is 20.2 Å². The van der Waals surface area contributed by atoms with Crippen LogP contribution in [-0.2, 0) is 16.6 Å². The lowest BCUT2D eigenvalue weighted by Gasteiger charge is -2.15. The molecule has 0 saturated heterocycles. The summed E-state index contributed by atoms with van der Waals surface area (Å²) in [5, 5.41) is 10.9. The van der Waals surface area contributed by atoms with Crippen molar-refractivity contribution in [2.45, 2.75) is 24.4 Å². The molecular formula is C22H21N5O3S. The molecule has 8 nitrogen and oxygen atoms in total.